The van der Waals surface area contributed by atoms with Crippen LogP contribution >= 0.6 is 0 Å². The zero-order valence-corrected chi connectivity index (χ0v) is 10.3. The number of rotatable bonds is 1. The van der Waals surface area contributed by atoms with Crippen molar-refractivity contribution in [2.24, 2.45) is 16.7 Å². The van der Waals surface area contributed by atoms with Crippen LogP contribution in [0.15, 0.2) is 0 Å². The Labute approximate surface area is 98.9 Å². The molecule has 3 atom stereocenters. The van der Waals surface area contributed by atoms with E-state index in [9.17, 15) is 18.0 Å². The molecule has 2 aliphatic rings. The van der Waals surface area contributed by atoms with Crippen LogP contribution in [-0.2, 0) is 4.79 Å². The number of alkyl halides is 3. The lowest BCUT2D eigenvalue weighted by molar-refractivity contribution is -0.175. The van der Waals surface area contributed by atoms with Crippen molar-refractivity contribution in [1.82, 2.24) is 5.32 Å². The standard InChI is InChI=1S/C12H18F3NO/c1-10(2)7-4-5-11(10,3)8(6-7)16-9(17)12(13,14)15/h7-8H,4-6H2,1-3H3,(H,16,17). The number of carbonyl (C=O) groups is 1. The van der Waals surface area contributed by atoms with Crippen molar-refractivity contribution < 1.29 is 18.0 Å². The number of amides is 1. The van der Waals surface area contributed by atoms with Crippen LogP contribution in [0, 0.1) is 16.7 Å². The molecule has 2 aliphatic carbocycles. The van der Waals surface area contributed by atoms with Gasteiger partial charge in [-0.25, -0.2) is 0 Å². The second kappa shape index (κ2) is 3.39. The van der Waals surface area contributed by atoms with E-state index in [0.717, 1.165) is 12.8 Å². The van der Waals surface area contributed by atoms with E-state index in [-0.39, 0.29) is 16.9 Å². The molecule has 1 amide bonds. The molecule has 0 aromatic heterocycles. The summed E-state index contributed by atoms with van der Waals surface area (Å²) in [4.78, 5) is 11.0. The van der Waals surface area contributed by atoms with Crippen molar-refractivity contribution >= 4 is 5.91 Å². The topological polar surface area (TPSA) is 29.1 Å². The summed E-state index contributed by atoms with van der Waals surface area (Å²) in [5.41, 5.74) is -0.199. The van der Waals surface area contributed by atoms with Gasteiger partial charge in [-0.15, -0.1) is 0 Å². The highest BCUT2D eigenvalue weighted by Gasteiger charge is 2.62. The summed E-state index contributed by atoms with van der Waals surface area (Å²) in [6, 6.07) is -0.342. The number of fused-ring (bicyclic) bond motifs is 2. The molecule has 5 heteroatoms. The lowest BCUT2D eigenvalue weighted by Gasteiger charge is -2.39. The number of nitrogens with one attached hydrogen (secondary N) is 1. The Kier molecular flexibility index (Phi) is 2.53. The van der Waals surface area contributed by atoms with Gasteiger partial charge in [0, 0.05) is 6.04 Å². The van der Waals surface area contributed by atoms with E-state index in [1.807, 2.05) is 6.92 Å². The van der Waals surface area contributed by atoms with Crippen LogP contribution in [0.25, 0.3) is 0 Å². The fourth-order valence-corrected chi connectivity index (χ4v) is 3.66. The normalized spacial score (nSPS) is 39.4. The number of hydrogen-bond acceptors (Lipinski definition) is 1. The molecular formula is C12H18F3NO. The lowest BCUT2D eigenvalue weighted by atomic mass is 9.69. The van der Waals surface area contributed by atoms with Gasteiger partial charge in [-0.3, -0.25) is 4.79 Å². The van der Waals surface area contributed by atoms with Gasteiger partial charge in [0.15, 0.2) is 0 Å². The van der Waals surface area contributed by atoms with Gasteiger partial charge >= 0.3 is 12.1 Å². The third kappa shape index (κ3) is 1.66. The van der Waals surface area contributed by atoms with Crippen molar-refractivity contribution in [2.75, 3.05) is 0 Å². The highest BCUT2D eigenvalue weighted by atomic mass is 19.4. The number of carbonyl (C=O) groups excluding carboxylic acids is 1. The molecule has 98 valence electrons. The first-order valence-corrected chi connectivity index (χ1v) is 5.97. The summed E-state index contributed by atoms with van der Waals surface area (Å²) in [7, 11) is 0. The minimum Gasteiger partial charge on any atom is -0.345 e. The molecule has 17 heavy (non-hydrogen) atoms. The van der Waals surface area contributed by atoms with Crippen molar-refractivity contribution in [3.8, 4) is 0 Å². The number of hydrogen-bond donors (Lipinski definition) is 1. The van der Waals surface area contributed by atoms with E-state index in [4.69, 9.17) is 0 Å². The highest BCUT2D eigenvalue weighted by Crippen LogP contribution is 2.65. The first-order chi connectivity index (χ1) is 7.59. The Morgan fingerprint density at radius 3 is 2.24 bits per heavy atom. The monoisotopic (exact) mass is 249 g/mol. The fraction of sp³-hybridized carbons (Fsp3) is 0.917. The molecule has 2 saturated carbocycles. The minimum absolute atomic E-state index is 0.0105. The van der Waals surface area contributed by atoms with Crippen LogP contribution in [0.4, 0.5) is 13.2 Å². The number of halogens is 3. The average molecular weight is 249 g/mol. The maximum atomic E-state index is 12.3. The van der Waals surface area contributed by atoms with Gasteiger partial charge in [-0.2, -0.15) is 13.2 Å². The van der Waals surface area contributed by atoms with Crippen LogP contribution in [0.2, 0.25) is 0 Å². The van der Waals surface area contributed by atoms with Gasteiger partial charge in [0.1, 0.15) is 0 Å². The molecule has 2 rings (SSSR count). The van der Waals surface area contributed by atoms with Gasteiger partial charge in [0.25, 0.3) is 0 Å². The van der Waals surface area contributed by atoms with Gasteiger partial charge in [-0.05, 0) is 36.0 Å². The van der Waals surface area contributed by atoms with Crippen LogP contribution < -0.4 is 5.32 Å². The van der Waals surface area contributed by atoms with Gasteiger partial charge in [-0.1, -0.05) is 20.8 Å². The van der Waals surface area contributed by atoms with Crippen LogP contribution in [0.5, 0.6) is 0 Å². The molecule has 2 fully saturated rings. The molecule has 2 nitrogen and oxygen atoms in total. The van der Waals surface area contributed by atoms with E-state index in [0.29, 0.717) is 12.3 Å². The summed E-state index contributed by atoms with van der Waals surface area (Å²) in [5.74, 6) is -1.38. The quantitative estimate of drug-likeness (QED) is 0.760. The van der Waals surface area contributed by atoms with E-state index in [1.54, 1.807) is 0 Å². The Bertz CT molecular complexity index is 350. The predicted octanol–water partition coefficient (Wildman–Crippen LogP) is 2.88. The van der Waals surface area contributed by atoms with Crippen LogP contribution in [0.1, 0.15) is 40.0 Å². The SMILES string of the molecule is CC1(C)C2CCC1(C)C(NC(=O)C(F)(F)F)C2. The van der Waals surface area contributed by atoms with Crippen molar-refractivity contribution in [3.05, 3.63) is 0 Å². The van der Waals surface area contributed by atoms with Crippen molar-refractivity contribution in [1.29, 1.82) is 0 Å². The molecule has 2 bridgehead atoms. The maximum absolute atomic E-state index is 12.3. The second-order valence-corrected chi connectivity index (χ2v) is 6.13. The molecule has 0 aromatic carbocycles. The van der Waals surface area contributed by atoms with E-state index in [2.05, 4.69) is 19.2 Å². The molecule has 0 aromatic rings. The first kappa shape index (κ1) is 12.7. The Balaban J connectivity index is 2.14. The zero-order chi connectivity index (χ0) is 13.1. The summed E-state index contributed by atoms with van der Waals surface area (Å²) < 4.78 is 36.8. The van der Waals surface area contributed by atoms with Gasteiger partial charge in [0.2, 0.25) is 0 Å². The van der Waals surface area contributed by atoms with E-state index in [1.165, 1.54) is 0 Å². The molecule has 0 saturated heterocycles. The van der Waals surface area contributed by atoms with E-state index >= 15 is 0 Å². The summed E-state index contributed by atoms with van der Waals surface area (Å²) in [6.07, 6.45) is -2.15. The maximum Gasteiger partial charge on any atom is 0.471 e. The summed E-state index contributed by atoms with van der Waals surface area (Å²) in [6.45, 7) is 6.20. The smallest absolute Gasteiger partial charge is 0.345 e. The zero-order valence-electron chi connectivity index (χ0n) is 10.3. The van der Waals surface area contributed by atoms with Gasteiger partial charge < -0.3 is 5.32 Å². The summed E-state index contributed by atoms with van der Waals surface area (Å²) in [5, 5.41) is 2.18. The second-order valence-electron chi connectivity index (χ2n) is 6.13. The lowest BCUT2D eigenvalue weighted by Crippen LogP contribution is -2.50. The minimum atomic E-state index is -4.78. The van der Waals surface area contributed by atoms with Crippen molar-refractivity contribution in [2.45, 2.75) is 52.3 Å². The van der Waals surface area contributed by atoms with Gasteiger partial charge in [0.05, 0.1) is 0 Å². The molecule has 3 unspecified atom stereocenters. The Morgan fingerprint density at radius 1 is 1.29 bits per heavy atom. The Morgan fingerprint density at radius 2 is 1.88 bits per heavy atom. The van der Waals surface area contributed by atoms with Crippen LogP contribution in [0.3, 0.4) is 0 Å². The fourth-order valence-electron chi connectivity index (χ4n) is 3.66. The molecule has 0 spiro atoms. The third-order valence-electron chi connectivity index (χ3n) is 5.36. The summed E-state index contributed by atoms with van der Waals surface area (Å²) >= 11 is 0. The molecule has 0 radical (unpaired) electrons. The average Bonchev–Trinajstić information content (AvgIpc) is 2.49. The predicted molar refractivity (Wildman–Crippen MR) is 57.2 cm³/mol. The van der Waals surface area contributed by atoms with E-state index < -0.39 is 12.1 Å². The molecule has 0 aliphatic heterocycles. The Hall–Kier alpha value is -0.740. The molecule has 0 heterocycles. The highest BCUT2D eigenvalue weighted by molar-refractivity contribution is 5.82. The third-order valence-corrected chi connectivity index (χ3v) is 5.36. The van der Waals surface area contributed by atoms with Crippen molar-refractivity contribution in [3.63, 3.8) is 0 Å². The molecule has 1 N–H and O–H groups in total. The largest absolute Gasteiger partial charge is 0.471 e. The van der Waals surface area contributed by atoms with Crippen LogP contribution in [-0.4, -0.2) is 18.1 Å². The molecular weight excluding hydrogens is 231 g/mol. The first-order valence-electron chi connectivity index (χ1n) is 5.97.